The third-order valence-corrected chi connectivity index (χ3v) is 3.61. The van der Waals surface area contributed by atoms with Crippen LogP contribution < -0.4 is 5.32 Å². The Hall–Kier alpha value is -2.96. The van der Waals surface area contributed by atoms with Gasteiger partial charge in [-0.3, -0.25) is 9.48 Å². The Kier molecular flexibility index (Phi) is 4.41. The van der Waals surface area contributed by atoms with Crippen LogP contribution in [0, 0.1) is 6.92 Å². The van der Waals surface area contributed by atoms with Gasteiger partial charge in [0.25, 0.3) is 0 Å². The lowest BCUT2D eigenvalue weighted by atomic mass is 10.1. The van der Waals surface area contributed by atoms with Gasteiger partial charge in [-0.05, 0) is 32.4 Å². The maximum absolute atomic E-state index is 12.1. The first-order valence-corrected chi connectivity index (χ1v) is 7.84. The maximum Gasteiger partial charge on any atom is 0.247 e. The molecule has 0 bridgehead atoms. The predicted octanol–water partition coefficient (Wildman–Crippen LogP) is 2.67. The summed E-state index contributed by atoms with van der Waals surface area (Å²) < 4.78 is 1.62. The molecule has 0 spiro atoms. The highest BCUT2D eigenvalue weighted by atomic mass is 16.2. The number of anilines is 1. The lowest BCUT2D eigenvalue weighted by Crippen LogP contribution is -2.19. The first-order chi connectivity index (χ1) is 11.5. The molecule has 2 heterocycles. The molecule has 3 aromatic rings. The molecule has 0 unspecified atom stereocenters. The van der Waals surface area contributed by atoms with Crippen LogP contribution in [0.25, 0.3) is 11.3 Å². The Morgan fingerprint density at radius 3 is 2.71 bits per heavy atom. The molecule has 0 saturated carbocycles. The Balaban J connectivity index is 1.66. The van der Waals surface area contributed by atoms with E-state index < -0.39 is 0 Å². The second-order valence-corrected chi connectivity index (χ2v) is 5.91. The van der Waals surface area contributed by atoms with Crippen LogP contribution in [0.3, 0.4) is 0 Å². The van der Waals surface area contributed by atoms with E-state index in [1.807, 2.05) is 51.1 Å². The minimum Gasteiger partial charge on any atom is -0.306 e. The van der Waals surface area contributed by atoms with Gasteiger partial charge in [0.2, 0.25) is 5.91 Å². The third kappa shape index (κ3) is 3.51. The lowest BCUT2D eigenvalue weighted by Gasteiger charge is -2.04. The van der Waals surface area contributed by atoms with E-state index in [-0.39, 0.29) is 18.5 Å². The SMILES string of the molecule is Cc1ccccc1-c1ccn(CC(=O)Nc2cnn(C(C)C)n2)n1. The minimum absolute atomic E-state index is 0.125. The van der Waals surface area contributed by atoms with Crippen molar-refractivity contribution >= 4 is 11.7 Å². The number of aromatic nitrogens is 5. The average molecular weight is 324 g/mol. The molecule has 124 valence electrons. The average Bonchev–Trinajstić information content (AvgIpc) is 3.17. The number of hydrogen-bond donors (Lipinski definition) is 1. The largest absolute Gasteiger partial charge is 0.306 e. The molecule has 0 saturated heterocycles. The molecule has 0 atom stereocenters. The highest BCUT2D eigenvalue weighted by Crippen LogP contribution is 2.20. The molecule has 1 amide bonds. The van der Waals surface area contributed by atoms with Gasteiger partial charge in [0, 0.05) is 11.8 Å². The van der Waals surface area contributed by atoms with Crippen molar-refractivity contribution in [3.05, 3.63) is 48.3 Å². The van der Waals surface area contributed by atoms with E-state index in [0.717, 1.165) is 16.8 Å². The van der Waals surface area contributed by atoms with Gasteiger partial charge in [0.05, 0.1) is 17.9 Å². The summed E-state index contributed by atoms with van der Waals surface area (Å²) in [5.41, 5.74) is 3.07. The molecule has 7 heteroatoms. The first kappa shape index (κ1) is 15.9. The molecule has 7 nitrogen and oxygen atoms in total. The molecule has 24 heavy (non-hydrogen) atoms. The number of benzene rings is 1. The molecule has 2 aromatic heterocycles. The number of nitrogens with zero attached hydrogens (tertiary/aromatic N) is 5. The Labute approximate surface area is 140 Å². The molecule has 1 N–H and O–H groups in total. The standard InChI is InChI=1S/C17H20N6O/c1-12(2)23-18-10-16(21-23)19-17(24)11-22-9-8-15(20-22)14-7-5-4-6-13(14)3/h4-10,12H,11H2,1-3H3,(H,19,21,24). The van der Waals surface area contributed by atoms with Crippen molar-refractivity contribution in [1.82, 2.24) is 24.8 Å². The van der Waals surface area contributed by atoms with Crippen LogP contribution in [0.15, 0.2) is 42.7 Å². The van der Waals surface area contributed by atoms with Gasteiger partial charge in [-0.2, -0.15) is 15.0 Å². The van der Waals surface area contributed by atoms with E-state index in [1.54, 1.807) is 21.9 Å². The number of carbonyl (C=O) groups excluding carboxylic acids is 1. The number of rotatable bonds is 5. The van der Waals surface area contributed by atoms with E-state index >= 15 is 0 Å². The molecular weight excluding hydrogens is 304 g/mol. The number of amides is 1. The smallest absolute Gasteiger partial charge is 0.247 e. The second-order valence-electron chi connectivity index (χ2n) is 5.91. The second kappa shape index (κ2) is 6.66. The Bertz CT molecular complexity index is 848. The number of nitrogens with one attached hydrogen (secondary N) is 1. The van der Waals surface area contributed by atoms with Gasteiger partial charge in [0.1, 0.15) is 6.54 Å². The van der Waals surface area contributed by atoms with Crippen molar-refractivity contribution in [2.24, 2.45) is 0 Å². The molecular formula is C17H20N6O. The molecule has 1 aromatic carbocycles. The van der Waals surface area contributed by atoms with Crippen LogP contribution in [-0.2, 0) is 11.3 Å². The van der Waals surface area contributed by atoms with E-state index in [4.69, 9.17) is 0 Å². The fourth-order valence-electron chi connectivity index (χ4n) is 2.37. The predicted molar refractivity (Wildman–Crippen MR) is 91.4 cm³/mol. The minimum atomic E-state index is -0.190. The molecule has 0 radical (unpaired) electrons. The zero-order valence-electron chi connectivity index (χ0n) is 14.0. The van der Waals surface area contributed by atoms with Gasteiger partial charge in [-0.25, -0.2) is 0 Å². The summed E-state index contributed by atoms with van der Waals surface area (Å²) in [4.78, 5) is 13.7. The first-order valence-electron chi connectivity index (χ1n) is 7.84. The van der Waals surface area contributed by atoms with Gasteiger partial charge in [0.15, 0.2) is 5.82 Å². The van der Waals surface area contributed by atoms with Gasteiger partial charge in [-0.1, -0.05) is 24.3 Å². The summed E-state index contributed by atoms with van der Waals surface area (Å²) in [6, 6.07) is 10.1. The topological polar surface area (TPSA) is 77.6 Å². The Morgan fingerprint density at radius 2 is 2.00 bits per heavy atom. The number of aryl methyl sites for hydroxylation is 1. The zero-order chi connectivity index (χ0) is 17.1. The van der Waals surface area contributed by atoms with Crippen molar-refractivity contribution < 1.29 is 4.79 Å². The van der Waals surface area contributed by atoms with E-state index in [1.165, 1.54) is 0 Å². The number of hydrogen-bond acceptors (Lipinski definition) is 4. The van der Waals surface area contributed by atoms with Crippen LogP contribution in [0.5, 0.6) is 0 Å². The van der Waals surface area contributed by atoms with E-state index in [0.29, 0.717) is 5.82 Å². The summed E-state index contributed by atoms with van der Waals surface area (Å²) in [6.07, 6.45) is 3.34. The van der Waals surface area contributed by atoms with Gasteiger partial charge in [-0.15, -0.1) is 5.10 Å². The highest BCUT2D eigenvalue weighted by Gasteiger charge is 2.10. The van der Waals surface area contributed by atoms with Crippen LogP contribution in [-0.4, -0.2) is 30.7 Å². The van der Waals surface area contributed by atoms with Crippen molar-refractivity contribution in [2.45, 2.75) is 33.4 Å². The molecule has 0 aliphatic heterocycles. The zero-order valence-corrected chi connectivity index (χ0v) is 14.0. The quantitative estimate of drug-likeness (QED) is 0.782. The highest BCUT2D eigenvalue weighted by molar-refractivity contribution is 5.89. The fourth-order valence-corrected chi connectivity index (χ4v) is 2.37. The summed E-state index contributed by atoms with van der Waals surface area (Å²) in [7, 11) is 0. The van der Waals surface area contributed by atoms with E-state index in [9.17, 15) is 4.79 Å². The van der Waals surface area contributed by atoms with Crippen molar-refractivity contribution in [3.8, 4) is 11.3 Å². The van der Waals surface area contributed by atoms with Crippen LogP contribution in [0.2, 0.25) is 0 Å². The fraction of sp³-hybridized carbons (Fsp3) is 0.294. The summed E-state index contributed by atoms with van der Waals surface area (Å²) >= 11 is 0. The van der Waals surface area contributed by atoms with Crippen molar-refractivity contribution in [3.63, 3.8) is 0 Å². The summed E-state index contributed by atoms with van der Waals surface area (Å²) in [5, 5.41) is 15.5. The Morgan fingerprint density at radius 1 is 1.21 bits per heavy atom. The van der Waals surface area contributed by atoms with Crippen molar-refractivity contribution in [1.29, 1.82) is 0 Å². The van der Waals surface area contributed by atoms with Crippen LogP contribution in [0.4, 0.5) is 5.82 Å². The maximum atomic E-state index is 12.1. The summed E-state index contributed by atoms with van der Waals surface area (Å²) in [6.45, 7) is 6.12. The van der Waals surface area contributed by atoms with Gasteiger partial charge < -0.3 is 5.32 Å². The third-order valence-electron chi connectivity index (χ3n) is 3.61. The molecule has 0 aliphatic rings. The number of carbonyl (C=O) groups is 1. The monoisotopic (exact) mass is 324 g/mol. The summed E-state index contributed by atoms with van der Waals surface area (Å²) in [5.74, 6) is 0.255. The molecule has 0 aliphatic carbocycles. The van der Waals surface area contributed by atoms with Crippen LogP contribution in [0.1, 0.15) is 25.5 Å². The lowest BCUT2D eigenvalue weighted by molar-refractivity contribution is -0.116. The normalized spacial score (nSPS) is 11.0. The van der Waals surface area contributed by atoms with Crippen molar-refractivity contribution in [2.75, 3.05) is 5.32 Å². The van der Waals surface area contributed by atoms with Crippen LogP contribution >= 0.6 is 0 Å². The van der Waals surface area contributed by atoms with Gasteiger partial charge >= 0.3 is 0 Å². The molecule has 3 rings (SSSR count). The molecule has 0 fully saturated rings. The van der Waals surface area contributed by atoms with E-state index in [2.05, 4.69) is 20.6 Å².